The minimum absolute atomic E-state index is 0.0193. The highest BCUT2D eigenvalue weighted by Gasteiger charge is 2.28. The Kier molecular flexibility index (Phi) is 5.66. The van der Waals surface area contributed by atoms with Crippen LogP contribution in [-0.4, -0.2) is 48.9 Å². The molecule has 6 nitrogen and oxygen atoms in total. The van der Waals surface area contributed by atoms with Gasteiger partial charge in [0, 0.05) is 26.9 Å². The smallest absolute Gasteiger partial charge is 0.350 e. The normalized spacial score (nSPS) is 22.0. The Morgan fingerprint density at radius 2 is 2.33 bits per heavy atom. The minimum atomic E-state index is -0.244. The molecule has 1 aromatic heterocycles. The largest absolute Gasteiger partial charge is 0.378 e. The van der Waals surface area contributed by atoms with Crippen LogP contribution in [0.3, 0.4) is 0 Å². The monoisotopic (exact) mass is 313 g/mol. The molecule has 1 aliphatic heterocycles. The van der Waals surface area contributed by atoms with Crippen molar-refractivity contribution in [1.82, 2.24) is 9.55 Å². The zero-order valence-electron chi connectivity index (χ0n) is 13.0. The summed E-state index contributed by atoms with van der Waals surface area (Å²) in [7, 11) is 3.73. The van der Waals surface area contributed by atoms with Crippen molar-refractivity contribution in [3.63, 3.8) is 0 Å². The molecule has 1 fully saturated rings. The summed E-state index contributed by atoms with van der Waals surface area (Å²) in [6.07, 6.45) is 1.78. The fourth-order valence-corrected chi connectivity index (χ4v) is 3.08. The van der Waals surface area contributed by atoms with Crippen molar-refractivity contribution in [3.05, 3.63) is 22.7 Å². The van der Waals surface area contributed by atoms with Crippen molar-refractivity contribution >= 4 is 17.6 Å². The lowest BCUT2D eigenvalue weighted by atomic mass is 10.2. The molecular formula is C14H23N3O3S. The first-order chi connectivity index (χ1) is 9.97. The first-order valence-corrected chi connectivity index (χ1v) is 8.03. The number of anilines is 1. The standard InChI is InChI=1S/C14H23N3O3S/c1-10(2)7-19-9-13-20-8-12(21-13)17-6-5-11(16(3)4)15-14(17)18/h5-6,10,12-13H,7-9H2,1-4H3/t12?,13-/m0/s1. The fourth-order valence-electron chi connectivity index (χ4n) is 1.95. The van der Waals surface area contributed by atoms with Gasteiger partial charge in [-0.05, 0) is 12.0 Å². The van der Waals surface area contributed by atoms with Crippen molar-refractivity contribution in [2.45, 2.75) is 24.7 Å². The number of hydrogen-bond acceptors (Lipinski definition) is 6. The third kappa shape index (κ3) is 4.46. The van der Waals surface area contributed by atoms with Crippen LogP contribution in [0.15, 0.2) is 17.1 Å². The van der Waals surface area contributed by atoms with Gasteiger partial charge in [-0.3, -0.25) is 4.57 Å². The zero-order chi connectivity index (χ0) is 15.4. The van der Waals surface area contributed by atoms with E-state index in [0.717, 1.165) is 6.61 Å². The van der Waals surface area contributed by atoms with E-state index >= 15 is 0 Å². The van der Waals surface area contributed by atoms with E-state index in [0.29, 0.717) is 24.9 Å². The van der Waals surface area contributed by atoms with Crippen molar-refractivity contribution in [1.29, 1.82) is 0 Å². The highest BCUT2D eigenvalue weighted by molar-refractivity contribution is 8.00. The summed E-state index contributed by atoms with van der Waals surface area (Å²) in [4.78, 5) is 17.9. The van der Waals surface area contributed by atoms with Crippen molar-refractivity contribution in [2.24, 2.45) is 5.92 Å². The van der Waals surface area contributed by atoms with Gasteiger partial charge in [0.1, 0.15) is 16.6 Å². The predicted octanol–water partition coefficient (Wildman–Crippen LogP) is 1.57. The second-order valence-electron chi connectivity index (χ2n) is 5.65. The van der Waals surface area contributed by atoms with Gasteiger partial charge in [0.2, 0.25) is 0 Å². The summed E-state index contributed by atoms with van der Waals surface area (Å²) in [5, 5.41) is -0.0335. The molecule has 1 unspecified atom stereocenters. The number of hydrogen-bond donors (Lipinski definition) is 0. The Balaban J connectivity index is 1.93. The molecule has 0 N–H and O–H groups in total. The van der Waals surface area contributed by atoms with Crippen LogP contribution < -0.4 is 10.6 Å². The maximum absolute atomic E-state index is 12.1. The van der Waals surface area contributed by atoms with E-state index in [9.17, 15) is 4.79 Å². The van der Waals surface area contributed by atoms with E-state index in [2.05, 4.69) is 18.8 Å². The van der Waals surface area contributed by atoms with Crippen LogP contribution in [0, 0.1) is 5.92 Å². The van der Waals surface area contributed by atoms with Gasteiger partial charge in [-0.2, -0.15) is 4.98 Å². The highest BCUT2D eigenvalue weighted by atomic mass is 32.2. The second-order valence-corrected chi connectivity index (χ2v) is 7.00. The van der Waals surface area contributed by atoms with Crippen LogP contribution in [0.25, 0.3) is 0 Å². The molecule has 0 aliphatic carbocycles. The lowest BCUT2D eigenvalue weighted by Crippen LogP contribution is -2.27. The molecule has 2 heterocycles. The van der Waals surface area contributed by atoms with Crippen molar-refractivity contribution < 1.29 is 9.47 Å². The quantitative estimate of drug-likeness (QED) is 0.794. The van der Waals surface area contributed by atoms with E-state index in [-0.39, 0.29) is 16.5 Å². The molecule has 7 heteroatoms. The zero-order valence-corrected chi connectivity index (χ0v) is 13.8. The minimum Gasteiger partial charge on any atom is -0.378 e. The van der Waals surface area contributed by atoms with Gasteiger partial charge in [-0.15, -0.1) is 11.8 Å². The molecule has 118 valence electrons. The summed E-state index contributed by atoms with van der Waals surface area (Å²) in [6.45, 7) is 6.01. The molecular weight excluding hydrogens is 290 g/mol. The van der Waals surface area contributed by atoms with E-state index in [4.69, 9.17) is 9.47 Å². The molecule has 0 radical (unpaired) electrons. The average Bonchev–Trinajstić information content (AvgIpc) is 2.86. The fraction of sp³-hybridized carbons (Fsp3) is 0.714. The second kappa shape index (κ2) is 7.29. The molecule has 2 rings (SSSR count). The van der Waals surface area contributed by atoms with Gasteiger partial charge in [0.15, 0.2) is 0 Å². The van der Waals surface area contributed by atoms with E-state index in [1.165, 1.54) is 0 Å². The van der Waals surface area contributed by atoms with Crippen molar-refractivity contribution in [2.75, 3.05) is 38.8 Å². The maximum atomic E-state index is 12.1. The van der Waals surface area contributed by atoms with Gasteiger partial charge >= 0.3 is 5.69 Å². The van der Waals surface area contributed by atoms with Crippen LogP contribution >= 0.6 is 11.8 Å². The lowest BCUT2D eigenvalue weighted by Gasteiger charge is -2.15. The summed E-state index contributed by atoms with van der Waals surface area (Å²) in [6, 6.07) is 1.84. The number of nitrogens with zero attached hydrogens (tertiary/aromatic N) is 3. The maximum Gasteiger partial charge on any atom is 0.350 e. The highest BCUT2D eigenvalue weighted by Crippen LogP contribution is 2.34. The SMILES string of the molecule is CC(C)COC[C@H]1OCC(n2ccc(N(C)C)nc2=O)S1. The third-order valence-electron chi connectivity index (χ3n) is 3.02. The summed E-state index contributed by atoms with van der Waals surface area (Å²) >= 11 is 1.61. The molecule has 0 amide bonds. The average molecular weight is 313 g/mol. The summed E-state index contributed by atoms with van der Waals surface area (Å²) < 4.78 is 12.9. The predicted molar refractivity (Wildman–Crippen MR) is 84.8 cm³/mol. The molecule has 0 spiro atoms. The molecule has 0 saturated carbocycles. The Morgan fingerprint density at radius 3 is 2.95 bits per heavy atom. The van der Waals surface area contributed by atoms with Gasteiger partial charge < -0.3 is 14.4 Å². The molecule has 0 aromatic carbocycles. The van der Waals surface area contributed by atoms with Crippen molar-refractivity contribution in [3.8, 4) is 0 Å². The van der Waals surface area contributed by atoms with Gasteiger partial charge in [-0.1, -0.05) is 13.8 Å². The van der Waals surface area contributed by atoms with E-state index in [1.54, 1.807) is 22.5 Å². The van der Waals surface area contributed by atoms with Crippen LogP contribution in [0.2, 0.25) is 0 Å². The van der Waals surface area contributed by atoms with Gasteiger partial charge in [0.05, 0.1) is 13.2 Å². The van der Waals surface area contributed by atoms with E-state index < -0.39 is 0 Å². The van der Waals surface area contributed by atoms with Crippen LogP contribution in [0.1, 0.15) is 19.2 Å². The molecule has 2 atom stereocenters. The van der Waals surface area contributed by atoms with Crippen LogP contribution in [0.5, 0.6) is 0 Å². The Bertz CT molecular complexity index is 518. The van der Waals surface area contributed by atoms with Gasteiger partial charge in [-0.25, -0.2) is 4.79 Å². The molecule has 1 aromatic rings. The first-order valence-electron chi connectivity index (χ1n) is 7.08. The molecule has 21 heavy (non-hydrogen) atoms. The Morgan fingerprint density at radius 1 is 1.57 bits per heavy atom. The molecule has 1 aliphatic rings. The topological polar surface area (TPSA) is 56.6 Å². The molecule has 1 saturated heterocycles. The number of aromatic nitrogens is 2. The molecule has 0 bridgehead atoms. The Labute approximate surface area is 129 Å². The number of ether oxygens (including phenoxy) is 2. The Hall–Kier alpha value is -1.05. The number of thioether (sulfide) groups is 1. The van der Waals surface area contributed by atoms with Gasteiger partial charge in [0.25, 0.3) is 0 Å². The van der Waals surface area contributed by atoms with Crippen LogP contribution in [0.4, 0.5) is 5.82 Å². The summed E-state index contributed by atoms with van der Waals surface area (Å²) in [5.74, 6) is 1.18. The number of rotatable bonds is 6. The summed E-state index contributed by atoms with van der Waals surface area (Å²) in [5.41, 5.74) is -0.264. The lowest BCUT2D eigenvalue weighted by molar-refractivity contribution is 0.0285. The van der Waals surface area contributed by atoms with E-state index in [1.807, 2.05) is 25.1 Å². The van der Waals surface area contributed by atoms with Crippen LogP contribution in [-0.2, 0) is 9.47 Å². The first kappa shape index (κ1) is 16.3. The third-order valence-corrected chi connectivity index (χ3v) is 4.28.